The third-order valence-corrected chi connectivity index (χ3v) is 12.0. The third-order valence-electron chi connectivity index (χ3n) is 12.0. The van der Waals surface area contributed by atoms with E-state index in [1.54, 1.807) is 0 Å². The topological polar surface area (TPSA) is 35.1 Å². The Labute approximate surface area is 320 Å². The summed E-state index contributed by atoms with van der Waals surface area (Å²) in [5, 5.41) is 13.6. The zero-order chi connectivity index (χ0) is 36.5. The van der Waals surface area contributed by atoms with Gasteiger partial charge in [0, 0.05) is 59.9 Å². The lowest BCUT2D eigenvalue weighted by molar-refractivity contribution is 1.18. The molecular formula is C52H30N4. The fourth-order valence-electron chi connectivity index (χ4n) is 9.65. The molecule has 0 atom stereocenters. The van der Waals surface area contributed by atoms with Crippen LogP contribution in [0.2, 0.25) is 0 Å². The molecule has 0 bridgehead atoms. The van der Waals surface area contributed by atoms with Gasteiger partial charge < -0.3 is 8.97 Å². The molecule has 0 saturated heterocycles. The molecule has 0 fully saturated rings. The zero-order valence-electron chi connectivity index (χ0n) is 30.1. The van der Waals surface area contributed by atoms with Crippen LogP contribution in [-0.4, -0.2) is 18.9 Å². The van der Waals surface area contributed by atoms with Crippen LogP contribution in [0.25, 0.3) is 121 Å². The Hall–Kier alpha value is -7.56. The van der Waals surface area contributed by atoms with E-state index in [-0.39, 0.29) is 0 Å². The molecule has 0 saturated carbocycles. The van der Waals surface area contributed by atoms with Crippen molar-refractivity contribution in [2.24, 2.45) is 0 Å². The van der Waals surface area contributed by atoms with Gasteiger partial charge in [-0.1, -0.05) is 133 Å². The van der Waals surface area contributed by atoms with Crippen LogP contribution in [0.1, 0.15) is 0 Å². The molecule has 0 aliphatic rings. The van der Waals surface area contributed by atoms with Gasteiger partial charge in [0.1, 0.15) is 0 Å². The number of nitrogens with zero attached hydrogens (tertiary/aromatic N) is 4. The molecular weight excluding hydrogens is 681 g/mol. The van der Waals surface area contributed by atoms with Crippen LogP contribution in [0.15, 0.2) is 182 Å². The van der Waals surface area contributed by atoms with Crippen molar-refractivity contribution in [2.75, 3.05) is 0 Å². The Balaban J connectivity index is 1.07. The van der Waals surface area contributed by atoms with Crippen LogP contribution in [0.4, 0.5) is 0 Å². The van der Waals surface area contributed by atoms with Gasteiger partial charge in [-0.15, -0.1) is 0 Å². The number of fused-ring (bicyclic) bond motifs is 15. The average Bonchev–Trinajstić information content (AvgIpc) is 3.92. The highest BCUT2D eigenvalue weighted by molar-refractivity contribution is 6.34. The number of hydrogen-bond acceptors (Lipinski definition) is 2. The zero-order valence-corrected chi connectivity index (χ0v) is 30.1. The maximum absolute atomic E-state index is 5.30. The van der Waals surface area contributed by atoms with Crippen LogP contribution >= 0.6 is 0 Å². The molecule has 258 valence electrons. The average molecular weight is 711 g/mol. The molecule has 13 aromatic rings. The molecule has 0 aliphatic heterocycles. The molecule has 4 nitrogen and oxygen atoms in total. The summed E-state index contributed by atoms with van der Waals surface area (Å²) in [6.07, 6.45) is 0. The van der Waals surface area contributed by atoms with E-state index >= 15 is 0 Å². The van der Waals surface area contributed by atoms with Crippen molar-refractivity contribution in [3.8, 4) is 28.3 Å². The van der Waals surface area contributed by atoms with Crippen molar-refractivity contribution < 1.29 is 0 Å². The monoisotopic (exact) mass is 710 g/mol. The molecule has 0 N–H and O–H groups in total. The Morgan fingerprint density at radius 2 is 1.00 bits per heavy atom. The van der Waals surface area contributed by atoms with Crippen molar-refractivity contribution in [1.82, 2.24) is 18.9 Å². The minimum Gasteiger partial charge on any atom is -0.309 e. The Morgan fingerprint density at radius 3 is 1.86 bits per heavy atom. The van der Waals surface area contributed by atoms with E-state index in [9.17, 15) is 0 Å². The van der Waals surface area contributed by atoms with Gasteiger partial charge in [-0.05, 0) is 64.7 Å². The first-order valence-corrected chi connectivity index (χ1v) is 19.2. The van der Waals surface area contributed by atoms with Crippen molar-refractivity contribution in [2.45, 2.75) is 0 Å². The fraction of sp³-hybridized carbons (Fsp3) is 0. The molecule has 0 radical (unpaired) electrons. The summed E-state index contributed by atoms with van der Waals surface area (Å²) in [7, 11) is 0. The quantitative estimate of drug-likeness (QED) is 0.171. The van der Waals surface area contributed by atoms with E-state index in [2.05, 4.69) is 191 Å². The SMILES string of the molecule is c1ccc(-c2nc(-c3ccc(-n4c5ccccc5c5ccc6ccc7c(c8cccc9c%10ccccc%10n7c98)c6c54)cc3)nc3ccc4ccccc4c23)cc1. The van der Waals surface area contributed by atoms with Gasteiger partial charge in [-0.2, -0.15) is 0 Å². The summed E-state index contributed by atoms with van der Waals surface area (Å²) < 4.78 is 4.94. The molecule has 4 aromatic heterocycles. The second kappa shape index (κ2) is 11.0. The van der Waals surface area contributed by atoms with E-state index in [1.807, 2.05) is 0 Å². The maximum Gasteiger partial charge on any atom is 0.160 e. The van der Waals surface area contributed by atoms with Crippen LogP contribution in [-0.2, 0) is 0 Å². The number of rotatable bonds is 3. The van der Waals surface area contributed by atoms with Gasteiger partial charge in [-0.3, -0.25) is 0 Å². The first-order valence-electron chi connectivity index (χ1n) is 19.2. The Bertz CT molecular complexity index is 3740. The second-order valence-corrected chi connectivity index (χ2v) is 14.9. The number of para-hydroxylation sites is 3. The molecule has 0 aliphatic carbocycles. The largest absolute Gasteiger partial charge is 0.309 e. The highest BCUT2D eigenvalue weighted by Crippen LogP contribution is 2.45. The minimum absolute atomic E-state index is 0.714. The van der Waals surface area contributed by atoms with E-state index in [0.717, 1.165) is 38.8 Å². The molecule has 4 heteroatoms. The summed E-state index contributed by atoms with van der Waals surface area (Å²) in [5.41, 5.74) is 11.2. The summed E-state index contributed by atoms with van der Waals surface area (Å²) in [5.74, 6) is 0.714. The second-order valence-electron chi connectivity index (χ2n) is 14.9. The van der Waals surface area contributed by atoms with Gasteiger partial charge in [0.05, 0.1) is 38.8 Å². The predicted octanol–water partition coefficient (Wildman–Crippen LogP) is 13.5. The standard InChI is InChI=1S/C52H30N4/c1-2-12-33(13-3-1)49-47-36-14-5-4-11-31(36)24-29-42(47)53-52(54-49)34-21-26-35(27-22-34)55-43-19-8-6-16-38(43)40-28-23-32-25-30-45-48(46(32)51(40)55)41-18-10-17-39-37-15-7-9-20-44(37)56(45)50(39)41/h1-30H. The van der Waals surface area contributed by atoms with E-state index < -0.39 is 0 Å². The molecule has 9 aromatic carbocycles. The summed E-state index contributed by atoms with van der Waals surface area (Å²) in [6, 6.07) is 65.7. The molecule has 0 spiro atoms. The van der Waals surface area contributed by atoms with Crippen molar-refractivity contribution in [1.29, 1.82) is 0 Å². The lowest BCUT2D eigenvalue weighted by Gasteiger charge is -2.13. The van der Waals surface area contributed by atoms with Gasteiger partial charge in [-0.25, -0.2) is 9.97 Å². The van der Waals surface area contributed by atoms with Gasteiger partial charge in [0.25, 0.3) is 0 Å². The molecule has 0 amide bonds. The first-order chi connectivity index (χ1) is 27.8. The van der Waals surface area contributed by atoms with Crippen LogP contribution in [0, 0.1) is 0 Å². The Morgan fingerprint density at radius 1 is 0.339 bits per heavy atom. The number of aromatic nitrogens is 4. The number of benzene rings is 9. The highest BCUT2D eigenvalue weighted by atomic mass is 15.0. The number of hydrogen-bond donors (Lipinski definition) is 0. The van der Waals surface area contributed by atoms with Crippen molar-refractivity contribution in [3.05, 3.63) is 182 Å². The van der Waals surface area contributed by atoms with Crippen LogP contribution in [0.3, 0.4) is 0 Å². The summed E-state index contributed by atoms with van der Waals surface area (Å²) in [4.78, 5) is 10.5. The third kappa shape index (κ3) is 3.92. The van der Waals surface area contributed by atoms with Crippen LogP contribution in [0.5, 0.6) is 0 Å². The predicted molar refractivity (Wildman–Crippen MR) is 234 cm³/mol. The first kappa shape index (κ1) is 29.8. The van der Waals surface area contributed by atoms with E-state index in [4.69, 9.17) is 9.97 Å². The minimum atomic E-state index is 0.714. The summed E-state index contributed by atoms with van der Waals surface area (Å²) >= 11 is 0. The normalized spacial score (nSPS) is 12.3. The molecule has 0 unspecified atom stereocenters. The molecule has 56 heavy (non-hydrogen) atoms. The van der Waals surface area contributed by atoms with Gasteiger partial charge in [0.15, 0.2) is 5.82 Å². The van der Waals surface area contributed by atoms with Crippen molar-refractivity contribution >= 4 is 92.3 Å². The van der Waals surface area contributed by atoms with E-state index in [0.29, 0.717) is 5.82 Å². The van der Waals surface area contributed by atoms with Gasteiger partial charge in [0.2, 0.25) is 0 Å². The highest BCUT2D eigenvalue weighted by Gasteiger charge is 2.23. The summed E-state index contributed by atoms with van der Waals surface area (Å²) in [6.45, 7) is 0. The van der Waals surface area contributed by atoms with Crippen LogP contribution < -0.4 is 0 Å². The van der Waals surface area contributed by atoms with Crippen molar-refractivity contribution in [3.63, 3.8) is 0 Å². The Kier molecular flexibility index (Phi) is 5.86. The molecule has 13 rings (SSSR count). The molecule has 4 heterocycles. The van der Waals surface area contributed by atoms with E-state index in [1.165, 1.54) is 76.1 Å². The fourth-order valence-corrected chi connectivity index (χ4v) is 9.65. The maximum atomic E-state index is 5.30. The lowest BCUT2D eigenvalue weighted by atomic mass is 9.99. The smallest absolute Gasteiger partial charge is 0.160 e. The lowest BCUT2D eigenvalue weighted by Crippen LogP contribution is -1.98. The van der Waals surface area contributed by atoms with Gasteiger partial charge >= 0.3 is 0 Å².